The van der Waals surface area contributed by atoms with Crippen LogP contribution in [0.4, 0.5) is 0 Å². The number of rotatable bonds is 8. The third-order valence-corrected chi connectivity index (χ3v) is 12.6. The lowest BCUT2D eigenvalue weighted by Gasteiger charge is -2.45. The molecular weight excluding hydrogens is 496 g/mol. The maximum atomic E-state index is 13.1. The second kappa shape index (κ2) is 10.4. The number of aliphatic hydroxyl groups is 1. The zero-order valence-electron chi connectivity index (χ0n) is 22.6. The molecule has 8 heteroatoms. The molecule has 4 aromatic rings. The maximum Gasteiger partial charge on any atom is 0.279 e. The zero-order chi connectivity index (χ0) is 27.0. The monoisotopic (exact) mass is 532 g/mol. The van der Waals surface area contributed by atoms with Gasteiger partial charge >= 0.3 is 0 Å². The molecule has 3 aromatic carbocycles. The first kappa shape index (κ1) is 26.3. The summed E-state index contributed by atoms with van der Waals surface area (Å²) in [6.07, 6.45) is 0.296. The van der Waals surface area contributed by atoms with Gasteiger partial charge in [-0.1, -0.05) is 49.5 Å². The predicted octanol–water partition coefficient (Wildman–Crippen LogP) is 4.78. The van der Waals surface area contributed by atoms with Crippen molar-refractivity contribution in [3.8, 4) is 17.2 Å². The Morgan fingerprint density at radius 2 is 1.82 bits per heavy atom. The second-order valence-electron chi connectivity index (χ2n) is 10.7. The molecule has 38 heavy (non-hydrogen) atoms. The highest BCUT2D eigenvalue weighted by Crippen LogP contribution is 2.47. The molecule has 0 fully saturated rings. The van der Waals surface area contributed by atoms with Gasteiger partial charge in [0.15, 0.2) is 0 Å². The van der Waals surface area contributed by atoms with Gasteiger partial charge in [-0.05, 0) is 54.4 Å². The molecule has 0 bridgehead atoms. The van der Waals surface area contributed by atoms with E-state index in [2.05, 4.69) is 37.2 Å². The van der Waals surface area contributed by atoms with Crippen LogP contribution in [0.1, 0.15) is 25.0 Å². The molecule has 1 unspecified atom stereocenters. The molecule has 0 aliphatic carbocycles. The third-order valence-electron chi connectivity index (χ3n) is 8.26. The van der Waals surface area contributed by atoms with E-state index in [0.29, 0.717) is 11.8 Å². The summed E-state index contributed by atoms with van der Waals surface area (Å²) in [5, 5.41) is 15.2. The van der Waals surface area contributed by atoms with Crippen LogP contribution >= 0.6 is 0 Å². The molecular formula is C30H36N2O5Si. The van der Waals surface area contributed by atoms with Crippen LogP contribution in [-0.2, 0) is 4.74 Å². The van der Waals surface area contributed by atoms with E-state index in [4.69, 9.17) is 14.2 Å². The van der Waals surface area contributed by atoms with Crippen molar-refractivity contribution in [3.63, 3.8) is 0 Å². The Morgan fingerprint density at radius 1 is 1.08 bits per heavy atom. The molecule has 0 radical (unpaired) electrons. The second-order valence-corrected chi connectivity index (χ2v) is 15.4. The predicted molar refractivity (Wildman–Crippen MR) is 153 cm³/mol. The molecule has 0 spiro atoms. The van der Waals surface area contributed by atoms with Crippen LogP contribution in [0.15, 0.2) is 71.5 Å². The lowest BCUT2D eigenvalue weighted by molar-refractivity contribution is -0.0242. The number of aromatic nitrogens is 2. The highest BCUT2D eigenvalue weighted by molar-refractivity contribution is 6.91. The minimum Gasteiger partial charge on any atom is -0.497 e. The molecule has 2 heterocycles. The van der Waals surface area contributed by atoms with Crippen molar-refractivity contribution in [1.29, 1.82) is 0 Å². The van der Waals surface area contributed by atoms with Crippen molar-refractivity contribution in [2.24, 2.45) is 5.92 Å². The summed E-state index contributed by atoms with van der Waals surface area (Å²) in [4.78, 5) is 13.1. The van der Waals surface area contributed by atoms with Crippen LogP contribution in [0.3, 0.4) is 0 Å². The number of hydrogen-bond donors (Lipinski definition) is 2. The maximum absolute atomic E-state index is 13.1. The first-order chi connectivity index (χ1) is 18.3. The number of H-pyrrole nitrogens is 1. The van der Waals surface area contributed by atoms with E-state index < -0.39 is 8.07 Å². The van der Waals surface area contributed by atoms with Crippen LogP contribution in [0.5, 0.6) is 11.5 Å². The quantitative estimate of drug-likeness (QED) is 0.319. The van der Waals surface area contributed by atoms with Gasteiger partial charge in [0.1, 0.15) is 17.6 Å². The Balaban J connectivity index is 1.52. The smallest absolute Gasteiger partial charge is 0.279 e. The zero-order valence-corrected chi connectivity index (χ0v) is 23.6. The van der Waals surface area contributed by atoms with Crippen molar-refractivity contribution < 1.29 is 19.3 Å². The highest BCUT2D eigenvalue weighted by Gasteiger charge is 2.47. The first-order valence-corrected chi connectivity index (χ1v) is 16.2. The molecule has 1 aliphatic rings. The van der Waals surface area contributed by atoms with Gasteiger partial charge in [0.2, 0.25) is 0 Å². The topological polar surface area (TPSA) is 85.7 Å². The fourth-order valence-electron chi connectivity index (χ4n) is 6.05. The van der Waals surface area contributed by atoms with E-state index in [0.717, 1.165) is 28.3 Å². The molecule has 0 saturated heterocycles. The van der Waals surface area contributed by atoms with E-state index >= 15 is 0 Å². The summed E-state index contributed by atoms with van der Waals surface area (Å²) in [6.45, 7) is 6.94. The van der Waals surface area contributed by atoms with Crippen LogP contribution in [0, 0.1) is 5.92 Å². The van der Waals surface area contributed by atoms with E-state index in [1.54, 1.807) is 18.9 Å². The Kier molecular flexibility index (Phi) is 7.22. The van der Waals surface area contributed by atoms with Crippen molar-refractivity contribution in [1.82, 2.24) is 9.78 Å². The lowest BCUT2D eigenvalue weighted by atomic mass is 9.86. The molecule has 200 valence electrons. The molecule has 7 nitrogen and oxygen atoms in total. The standard InChI is InChI=1S/C30H36N2O5Si/c1-19-28(36-3)24-18-20(32-30(34)23-8-6-7-9-25(23)31-32)10-15-26(24)37-29(19)27(16-17-33)38(4,5)22-13-11-21(35-2)12-14-22/h6-15,18-19,27-29,31,33H,16-17H2,1-5H3/t19-,27?,28-,29-/m1/s1. The highest BCUT2D eigenvalue weighted by atomic mass is 28.3. The van der Waals surface area contributed by atoms with E-state index in [-0.39, 0.29) is 35.8 Å². The Bertz CT molecular complexity index is 1480. The molecule has 5 rings (SSSR count). The van der Waals surface area contributed by atoms with Crippen LogP contribution in [0.2, 0.25) is 18.6 Å². The molecule has 1 aromatic heterocycles. The van der Waals surface area contributed by atoms with Gasteiger partial charge in [0, 0.05) is 25.2 Å². The van der Waals surface area contributed by atoms with Gasteiger partial charge in [0.25, 0.3) is 5.56 Å². The van der Waals surface area contributed by atoms with Gasteiger partial charge in [-0.3, -0.25) is 9.89 Å². The third kappa shape index (κ3) is 4.46. The number of hydrogen-bond acceptors (Lipinski definition) is 5. The average Bonchev–Trinajstić information content (AvgIpc) is 3.27. The van der Waals surface area contributed by atoms with Gasteiger partial charge in [-0.2, -0.15) is 0 Å². The summed E-state index contributed by atoms with van der Waals surface area (Å²) >= 11 is 0. The molecule has 1 aliphatic heterocycles. The summed E-state index contributed by atoms with van der Waals surface area (Å²) in [6, 6.07) is 21.6. The number of ether oxygens (including phenoxy) is 3. The number of methoxy groups -OCH3 is 2. The number of nitrogens with zero attached hydrogens (tertiary/aromatic N) is 1. The summed E-state index contributed by atoms with van der Waals surface area (Å²) in [7, 11) is 1.30. The number of aromatic amines is 1. The fraction of sp³-hybridized carbons (Fsp3) is 0.367. The van der Waals surface area contributed by atoms with Crippen molar-refractivity contribution >= 4 is 24.2 Å². The van der Waals surface area contributed by atoms with Gasteiger partial charge in [-0.15, -0.1) is 0 Å². The SMILES string of the molecule is COc1ccc([Si](C)(C)C(CCO)[C@@H]2Oc3ccc(-n4[nH]c5ccccc5c4=O)cc3[C@H](OC)[C@H]2C)cc1. The molecule has 0 amide bonds. The average molecular weight is 533 g/mol. The van der Waals surface area contributed by atoms with Crippen LogP contribution < -0.4 is 20.2 Å². The van der Waals surface area contributed by atoms with Gasteiger partial charge < -0.3 is 19.3 Å². The Labute approximate surface area is 224 Å². The van der Waals surface area contributed by atoms with Gasteiger partial charge in [0.05, 0.1) is 37.9 Å². The lowest BCUT2D eigenvalue weighted by Crippen LogP contribution is -2.54. The molecule has 0 saturated carbocycles. The fourth-order valence-corrected chi connectivity index (χ4v) is 9.55. The minimum atomic E-state index is -2.09. The number of aliphatic hydroxyl groups excluding tert-OH is 1. The number of para-hydroxylation sites is 1. The Morgan fingerprint density at radius 3 is 2.47 bits per heavy atom. The summed E-state index contributed by atoms with van der Waals surface area (Å²) in [5.41, 5.74) is 2.51. The number of nitrogens with one attached hydrogen (secondary N) is 1. The van der Waals surface area contributed by atoms with Crippen molar-refractivity contribution in [3.05, 3.63) is 82.6 Å². The normalized spacial score (nSPS) is 20.1. The van der Waals surface area contributed by atoms with Crippen molar-refractivity contribution in [2.75, 3.05) is 20.8 Å². The number of fused-ring (bicyclic) bond motifs is 2. The van der Waals surface area contributed by atoms with E-state index in [1.165, 1.54) is 5.19 Å². The summed E-state index contributed by atoms with van der Waals surface area (Å²) < 4.78 is 19.8. The number of benzene rings is 3. The summed E-state index contributed by atoms with van der Waals surface area (Å²) in [5.74, 6) is 1.62. The van der Waals surface area contributed by atoms with Gasteiger partial charge in [-0.25, -0.2) is 4.68 Å². The Hall–Kier alpha value is -3.33. The van der Waals surface area contributed by atoms with Crippen LogP contribution in [0.25, 0.3) is 16.6 Å². The minimum absolute atomic E-state index is 0.0313. The van der Waals surface area contributed by atoms with Crippen molar-refractivity contribution in [2.45, 2.75) is 44.2 Å². The van der Waals surface area contributed by atoms with E-state index in [1.807, 2.05) is 54.6 Å². The van der Waals surface area contributed by atoms with Crippen LogP contribution in [-0.4, -0.2) is 49.9 Å². The molecule has 2 N–H and O–H groups in total. The molecule has 4 atom stereocenters. The largest absolute Gasteiger partial charge is 0.497 e. The first-order valence-electron chi connectivity index (χ1n) is 13.1. The van der Waals surface area contributed by atoms with E-state index in [9.17, 15) is 9.90 Å².